The van der Waals surface area contributed by atoms with E-state index in [1.807, 2.05) is 0 Å². The van der Waals surface area contributed by atoms with E-state index in [0.29, 0.717) is 0 Å². The van der Waals surface area contributed by atoms with Crippen molar-refractivity contribution in [3.05, 3.63) is 41.0 Å². The van der Waals surface area contributed by atoms with Gasteiger partial charge in [-0.1, -0.05) is 18.5 Å². The zero-order valence-electron chi connectivity index (χ0n) is 14.2. The zero-order valence-corrected chi connectivity index (χ0v) is 15.0. The van der Waals surface area contributed by atoms with Crippen LogP contribution in [0.5, 0.6) is 0 Å². The molecule has 0 saturated carbocycles. The SMILES string of the molecule is CCN1CCN(c2ccnc(Nc3ccc(Cl)c(C(F)(F)F)c3)n2)CC1. The maximum atomic E-state index is 13.0. The standard InChI is InChI=1S/C17H19ClF3N5/c1-2-25-7-9-26(10-8-25)15-5-6-22-16(24-15)23-12-3-4-14(18)13(11-12)17(19,20)21/h3-6,11H,2,7-10H2,1H3,(H,22,23,24). The molecule has 0 amide bonds. The van der Waals surface area contributed by atoms with Crippen molar-refractivity contribution >= 4 is 29.1 Å². The summed E-state index contributed by atoms with van der Waals surface area (Å²) in [5.74, 6) is 0.999. The molecule has 26 heavy (non-hydrogen) atoms. The fraction of sp³-hybridized carbons (Fsp3) is 0.412. The summed E-state index contributed by atoms with van der Waals surface area (Å²) in [5.41, 5.74) is -0.661. The first kappa shape index (κ1) is 18.7. The first-order chi connectivity index (χ1) is 12.4. The van der Waals surface area contributed by atoms with Crippen LogP contribution in [-0.2, 0) is 6.18 Å². The molecule has 1 N–H and O–H groups in total. The van der Waals surface area contributed by atoms with Crippen molar-refractivity contribution in [1.29, 1.82) is 0 Å². The van der Waals surface area contributed by atoms with E-state index in [-0.39, 0.29) is 16.7 Å². The minimum absolute atomic E-state index is 0.231. The lowest BCUT2D eigenvalue weighted by Crippen LogP contribution is -2.46. The number of aromatic nitrogens is 2. The molecule has 0 atom stereocenters. The smallest absolute Gasteiger partial charge is 0.354 e. The zero-order chi connectivity index (χ0) is 18.7. The number of hydrogen-bond donors (Lipinski definition) is 1. The molecule has 1 saturated heterocycles. The van der Waals surface area contributed by atoms with Gasteiger partial charge in [-0.15, -0.1) is 0 Å². The number of anilines is 3. The molecule has 1 aromatic carbocycles. The van der Waals surface area contributed by atoms with Crippen molar-refractivity contribution < 1.29 is 13.2 Å². The van der Waals surface area contributed by atoms with E-state index in [4.69, 9.17) is 11.6 Å². The van der Waals surface area contributed by atoms with Crippen molar-refractivity contribution in [2.24, 2.45) is 0 Å². The second-order valence-electron chi connectivity index (χ2n) is 5.98. The summed E-state index contributed by atoms with van der Waals surface area (Å²) in [6.45, 7) is 6.75. The lowest BCUT2D eigenvalue weighted by atomic mass is 10.2. The summed E-state index contributed by atoms with van der Waals surface area (Å²) in [6, 6.07) is 5.43. The van der Waals surface area contributed by atoms with Crippen LogP contribution >= 0.6 is 11.6 Å². The maximum Gasteiger partial charge on any atom is 0.417 e. The van der Waals surface area contributed by atoms with Gasteiger partial charge >= 0.3 is 6.18 Å². The van der Waals surface area contributed by atoms with Gasteiger partial charge in [-0.05, 0) is 30.8 Å². The van der Waals surface area contributed by atoms with Gasteiger partial charge in [-0.3, -0.25) is 0 Å². The van der Waals surface area contributed by atoms with Gasteiger partial charge in [0, 0.05) is 38.1 Å². The van der Waals surface area contributed by atoms with Gasteiger partial charge in [0.05, 0.1) is 10.6 Å². The van der Waals surface area contributed by atoms with Gasteiger partial charge in [0.1, 0.15) is 5.82 Å². The topological polar surface area (TPSA) is 44.3 Å². The molecule has 1 aromatic heterocycles. The lowest BCUT2D eigenvalue weighted by molar-refractivity contribution is -0.137. The van der Waals surface area contributed by atoms with E-state index < -0.39 is 11.7 Å². The number of rotatable bonds is 4. The number of likely N-dealkylation sites (N-methyl/N-ethyl adjacent to an activating group) is 1. The maximum absolute atomic E-state index is 13.0. The van der Waals surface area contributed by atoms with Gasteiger partial charge in [0.25, 0.3) is 0 Å². The van der Waals surface area contributed by atoms with Gasteiger partial charge in [-0.2, -0.15) is 18.2 Å². The molecule has 2 heterocycles. The summed E-state index contributed by atoms with van der Waals surface area (Å²) >= 11 is 5.64. The van der Waals surface area contributed by atoms with Crippen LogP contribution in [0.2, 0.25) is 5.02 Å². The number of nitrogens with one attached hydrogen (secondary N) is 1. The van der Waals surface area contributed by atoms with Gasteiger partial charge in [0.2, 0.25) is 5.95 Å². The highest BCUT2D eigenvalue weighted by atomic mass is 35.5. The quantitative estimate of drug-likeness (QED) is 0.860. The highest BCUT2D eigenvalue weighted by Gasteiger charge is 2.33. The van der Waals surface area contributed by atoms with E-state index >= 15 is 0 Å². The minimum atomic E-state index is -4.52. The van der Waals surface area contributed by atoms with E-state index in [2.05, 4.69) is 32.0 Å². The molecule has 5 nitrogen and oxygen atoms in total. The summed E-state index contributed by atoms with van der Waals surface area (Å²) in [5, 5.41) is 2.48. The summed E-state index contributed by atoms with van der Waals surface area (Å²) in [4.78, 5) is 13.0. The van der Waals surface area contributed by atoms with Crippen LogP contribution in [0.4, 0.5) is 30.6 Å². The monoisotopic (exact) mass is 385 g/mol. The van der Waals surface area contributed by atoms with Gasteiger partial charge in [-0.25, -0.2) is 4.98 Å². The number of alkyl halides is 3. The number of hydrogen-bond acceptors (Lipinski definition) is 5. The van der Waals surface area contributed by atoms with E-state index in [1.54, 1.807) is 12.3 Å². The fourth-order valence-corrected chi connectivity index (χ4v) is 3.05. The van der Waals surface area contributed by atoms with Crippen LogP contribution in [0, 0.1) is 0 Å². The molecular formula is C17H19ClF3N5. The Hall–Kier alpha value is -2.06. The van der Waals surface area contributed by atoms with Crippen molar-refractivity contribution in [1.82, 2.24) is 14.9 Å². The van der Waals surface area contributed by atoms with Crippen molar-refractivity contribution in [3.8, 4) is 0 Å². The predicted octanol–water partition coefficient (Wildman–Crippen LogP) is 4.03. The molecule has 0 radical (unpaired) electrons. The largest absolute Gasteiger partial charge is 0.417 e. The molecule has 1 aliphatic rings. The number of halogens is 4. The van der Waals surface area contributed by atoms with Crippen LogP contribution < -0.4 is 10.2 Å². The third-order valence-corrected chi connectivity index (χ3v) is 4.64. The average molecular weight is 386 g/mol. The summed E-state index contributed by atoms with van der Waals surface area (Å²) in [7, 11) is 0. The first-order valence-electron chi connectivity index (χ1n) is 8.31. The van der Waals surface area contributed by atoms with Gasteiger partial charge < -0.3 is 15.1 Å². The van der Waals surface area contributed by atoms with Crippen molar-refractivity contribution in [2.75, 3.05) is 42.9 Å². The van der Waals surface area contributed by atoms with E-state index in [9.17, 15) is 13.2 Å². The molecule has 1 aliphatic heterocycles. The molecule has 9 heteroatoms. The first-order valence-corrected chi connectivity index (χ1v) is 8.68. The Bertz CT molecular complexity index is 760. The van der Waals surface area contributed by atoms with E-state index in [1.165, 1.54) is 12.1 Å². The Morgan fingerprint density at radius 2 is 1.88 bits per heavy atom. The van der Waals surface area contributed by atoms with Crippen LogP contribution in [0.15, 0.2) is 30.5 Å². The van der Waals surface area contributed by atoms with Crippen molar-refractivity contribution in [2.45, 2.75) is 13.1 Å². The summed E-state index contributed by atoms with van der Waals surface area (Å²) in [6.07, 6.45) is -2.92. The Morgan fingerprint density at radius 3 is 2.54 bits per heavy atom. The van der Waals surface area contributed by atoms with Crippen LogP contribution in [-0.4, -0.2) is 47.6 Å². The lowest BCUT2D eigenvalue weighted by Gasteiger charge is -2.34. The molecule has 1 fully saturated rings. The molecule has 2 aromatic rings. The predicted molar refractivity (Wildman–Crippen MR) is 96.1 cm³/mol. The van der Waals surface area contributed by atoms with Crippen molar-refractivity contribution in [3.63, 3.8) is 0 Å². The summed E-state index contributed by atoms with van der Waals surface area (Å²) < 4.78 is 38.9. The van der Waals surface area contributed by atoms with Crippen LogP contribution in [0.3, 0.4) is 0 Å². The van der Waals surface area contributed by atoms with E-state index in [0.717, 1.165) is 44.6 Å². The Labute approximate surface area is 154 Å². The normalized spacial score (nSPS) is 16.0. The minimum Gasteiger partial charge on any atom is -0.354 e. The Kier molecular flexibility index (Phi) is 5.52. The molecular weight excluding hydrogens is 367 g/mol. The third kappa shape index (κ3) is 4.37. The molecule has 0 bridgehead atoms. The van der Waals surface area contributed by atoms with Crippen LogP contribution in [0.25, 0.3) is 0 Å². The molecule has 0 spiro atoms. The number of benzene rings is 1. The fourth-order valence-electron chi connectivity index (χ4n) is 2.83. The number of nitrogens with zero attached hydrogens (tertiary/aromatic N) is 4. The molecule has 0 unspecified atom stereocenters. The van der Waals surface area contributed by atoms with Gasteiger partial charge in [0.15, 0.2) is 0 Å². The molecule has 0 aliphatic carbocycles. The highest BCUT2D eigenvalue weighted by Crippen LogP contribution is 2.36. The number of piperazine rings is 1. The second kappa shape index (κ2) is 7.67. The molecule has 140 valence electrons. The third-order valence-electron chi connectivity index (χ3n) is 4.31. The second-order valence-corrected chi connectivity index (χ2v) is 6.38. The molecule has 3 rings (SSSR count). The highest BCUT2D eigenvalue weighted by molar-refractivity contribution is 6.31. The van der Waals surface area contributed by atoms with Crippen LogP contribution in [0.1, 0.15) is 12.5 Å². The Balaban J connectivity index is 1.75. The Morgan fingerprint density at radius 1 is 1.15 bits per heavy atom. The average Bonchev–Trinajstić information content (AvgIpc) is 2.63.